The number of fused-ring (bicyclic) bond motifs is 1. The van der Waals surface area contributed by atoms with Crippen LogP contribution in [0.25, 0.3) is 11.0 Å². The zero-order valence-corrected chi connectivity index (χ0v) is 11.3. The molecular weight excluding hydrogens is 269 g/mol. The van der Waals surface area contributed by atoms with E-state index in [2.05, 4.69) is 5.32 Å². The van der Waals surface area contributed by atoms with Crippen molar-refractivity contribution in [3.05, 3.63) is 35.8 Å². The number of hydrogen-bond donors (Lipinski definition) is 2. The van der Waals surface area contributed by atoms with E-state index in [0.29, 0.717) is 0 Å². The molecule has 1 aliphatic rings. The van der Waals surface area contributed by atoms with E-state index in [9.17, 15) is 9.50 Å². The Kier molecular flexibility index (Phi) is 4.45. The van der Waals surface area contributed by atoms with Crippen LogP contribution in [0.1, 0.15) is 17.9 Å². The van der Waals surface area contributed by atoms with Crippen LogP contribution >= 0.6 is 12.4 Å². The standard InChI is InChI=1S/C14H16FNO2.ClH/c15-11-5-9-2-4-18-14(9)13(6-11)12-1-3-16-7-10(12)8-17;/h2,4-6,10,12,16-17H,1,3,7-8H2;1H/t10-,12-;/m0./s1. The number of aliphatic hydroxyl groups excluding tert-OH is 1. The average Bonchev–Trinajstić information content (AvgIpc) is 2.85. The molecule has 2 heterocycles. The highest BCUT2D eigenvalue weighted by Crippen LogP contribution is 2.35. The lowest BCUT2D eigenvalue weighted by Crippen LogP contribution is -2.37. The molecule has 5 heteroatoms. The molecule has 0 bridgehead atoms. The van der Waals surface area contributed by atoms with E-state index in [1.54, 1.807) is 18.4 Å². The molecule has 0 aliphatic carbocycles. The van der Waals surface area contributed by atoms with Crippen molar-refractivity contribution in [2.24, 2.45) is 5.92 Å². The molecule has 104 valence electrons. The molecule has 0 radical (unpaired) electrons. The lowest BCUT2D eigenvalue weighted by Gasteiger charge is -2.31. The predicted molar refractivity (Wildman–Crippen MR) is 74.2 cm³/mol. The summed E-state index contributed by atoms with van der Waals surface area (Å²) in [5, 5.41) is 13.5. The third kappa shape index (κ3) is 2.61. The number of hydrogen-bond acceptors (Lipinski definition) is 3. The molecule has 1 fully saturated rings. The van der Waals surface area contributed by atoms with E-state index >= 15 is 0 Å². The third-order valence-electron chi connectivity index (χ3n) is 3.79. The van der Waals surface area contributed by atoms with E-state index in [1.807, 2.05) is 0 Å². The fraction of sp³-hybridized carbons (Fsp3) is 0.429. The first-order valence-electron chi connectivity index (χ1n) is 6.28. The molecule has 0 spiro atoms. The summed E-state index contributed by atoms with van der Waals surface area (Å²) in [5.41, 5.74) is 1.64. The minimum Gasteiger partial charge on any atom is -0.464 e. The van der Waals surface area contributed by atoms with Gasteiger partial charge in [0.2, 0.25) is 0 Å². The number of aliphatic hydroxyl groups is 1. The van der Waals surface area contributed by atoms with Crippen molar-refractivity contribution in [2.75, 3.05) is 19.7 Å². The van der Waals surface area contributed by atoms with Crippen molar-refractivity contribution in [1.29, 1.82) is 0 Å². The van der Waals surface area contributed by atoms with Crippen molar-refractivity contribution in [3.63, 3.8) is 0 Å². The molecule has 2 aromatic rings. The Morgan fingerprint density at radius 3 is 3.05 bits per heavy atom. The summed E-state index contributed by atoms with van der Waals surface area (Å²) in [5.74, 6) is 0.0311. The van der Waals surface area contributed by atoms with Crippen molar-refractivity contribution in [2.45, 2.75) is 12.3 Å². The zero-order chi connectivity index (χ0) is 12.5. The lowest BCUT2D eigenvalue weighted by molar-refractivity contribution is 0.179. The second-order valence-corrected chi connectivity index (χ2v) is 4.88. The summed E-state index contributed by atoms with van der Waals surface area (Å²) >= 11 is 0. The van der Waals surface area contributed by atoms with Crippen molar-refractivity contribution in [1.82, 2.24) is 5.32 Å². The van der Waals surface area contributed by atoms with Crippen LogP contribution in [0.4, 0.5) is 4.39 Å². The molecule has 0 unspecified atom stereocenters. The van der Waals surface area contributed by atoms with Crippen LogP contribution in [0.2, 0.25) is 0 Å². The van der Waals surface area contributed by atoms with E-state index < -0.39 is 0 Å². The van der Waals surface area contributed by atoms with Crippen LogP contribution in [0.15, 0.2) is 28.9 Å². The molecule has 1 aromatic heterocycles. The van der Waals surface area contributed by atoms with Crippen molar-refractivity contribution in [3.8, 4) is 0 Å². The highest BCUT2D eigenvalue weighted by atomic mass is 35.5. The maximum atomic E-state index is 13.6. The minimum absolute atomic E-state index is 0. The van der Waals surface area contributed by atoms with Crippen LogP contribution in [-0.4, -0.2) is 24.8 Å². The summed E-state index contributed by atoms with van der Waals surface area (Å²) in [6.45, 7) is 1.76. The number of piperidine rings is 1. The number of nitrogens with one attached hydrogen (secondary N) is 1. The smallest absolute Gasteiger partial charge is 0.137 e. The zero-order valence-electron chi connectivity index (χ0n) is 10.4. The molecule has 0 saturated carbocycles. The van der Waals surface area contributed by atoms with E-state index in [0.717, 1.165) is 36.0 Å². The van der Waals surface area contributed by atoms with Gasteiger partial charge in [-0.05, 0) is 37.1 Å². The predicted octanol–water partition coefficient (Wildman–Crippen LogP) is 2.68. The third-order valence-corrected chi connectivity index (χ3v) is 3.79. The van der Waals surface area contributed by atoms with Gasteiger partial charge in [0.15, 0.2) is 0 Å². The van der Waals surface area contributed by atoms with E-state index in [-0.39, 0.29) is 36.7 Å². The number of furan rings is 1. The average molecular weight is 286 g/mol. The second-order valence-electron chi connectivity index (χ2n) is 4.88. The van der Waals surface area contributed by atoms with Gasteiger partial charge in [-0.3, -0.25) is 0 Å². The van der Waals surface area contributed by atoms with Crippen LogP contribution in [0.3, 0.4) is 0 Å². The number of rotatable bonds is 2. The highest BCUT2D eigenvalue weighted by Gasteiger charge is 2.28. The molecule has 1 aromatic carbocycles. The highest BCUT2D eigenvalue weighted by molar-refractivity contribution is 5.85. The monoisotopic (exact) mass is 285 g/mol. The van der Waals surface area contributed by atoms with E-state index in [4.69, 9.17) is 4.42 Å². The Morgan fingerprint density at radius 2 is 2.26 bits per heavy atom. The molecule has 1 saturated heterocycles. The van der Waals surface area contributed by atoms with Gasteiger partial charge in [0.25, 0.3) is 0 Å². The van der Waals surface area contributed by atoms with Gasteiger partial charge in [0.1, 0.15) is 11.4 Å². The summed E-state index contributed by atoms with van der Waals surface area (Å²) in [6.07, 6.45) is 2.48. The number of halogens is 2. The first-order valence-corrected chi connectivity index (χ1v) is 6.28. The van der Waals surface area contributed by atoms with Crippen LogP contribution < -0.4 is 5.32 Å². The molecule has 3 nitrogen and oxygen atoms in total. The van der Waals surface area contributed by atoms with Gasteiger partial charge < -0.3 is 14.8 Å². The maximum absolute atomic E-state index is 13.6. The first kappa shape index (κ1) is 14.3. The van der Waals surface area contributed by atoms with Crippen LogP contribution in [0.5, 0.6) is 0 Å². The summed E-state index contributed by atoms with van der Waals surface area (Å²) in [7, 11) is 0. The first-order chi connectivity index (χ1) is 8.79. The summed E-state index contributed by atoms with van der Waals surface area (Å²) in [4.78, 5) is 0. The Hall–Kier alpha value is -1.10. The second kappa shape index (κ2) is 5.90. The maximum Gasteiger partial charge on any atom is 0.137 e. The molecule has 1 aliphatic heterocycles. The fourth-order valence-corrected chi connectivity index (χ4v) is 2.87. The minimum atomic E-state index is -0.242. The molecule has 19 heavy (non-hydrogen) atoms. The van der Waals surface area contributed by atoms with Gasteiger partial charge in [0.05, 0.1) is 6.26 Å². The van der Waals surface area contributed by atoms with Crippen LogP contribution in [-0.2, 0) is 0 Å². The quantitative estimate of drug-likeness (QED) is 0.892. The molecular formula is C14H17ClFNO2. The normalized spacial score (nSPS) is 23.3. The largest absolute Gasteiger partial charge is 0.464 e. The van der Waals surface area contributed by atoms with Gasteiger partial charge in [-0.25, -0.2) is 4.39 Å². The Labute approximate surface area is 117 Å². The van der Waals surface area contributed by atoms with Gasteiger partial charge >= 0.3 is 0 Å². The number of benzene rings is 1. The molecule has 2 N–H and O–H groups in total. The summed E-state index contributed by atoms with van der Waals surface area (Å²) < 4.78 is 19.1. The van der Waals surface area contributed by atoms with Crippen LogP contribution in [0, 0.1) is 11.7 Å². The lowest BCUT2D eigenvalue weighted by atomic mass is 9.81. The van der Waals surface area contributed by atoms with Gasteiger partial charge in [-0.15, -0.1) is 12.4 Å². The Balaban J connectivity index is 0.00000133. The van der Waals surface area contributed by atoms with Gasteiger partial charge in [0, 0.05) is 30.0 Å². The van der Waals surface area contributed by atoms with E-state index in [1.165, 1.54) is 6.07 Å². The van der Waals surface area contributed by atoms with Gasteiger partial charge in [-0.1, -0.05) is 0 Å². The molecule has 0 amide bonds. The summed E-state index contributed by atoms with van der Waals surface area (Å²) in [6, 6.07) is 4.80. The Morgan fingerprint density at radius 1 is 1.42 bits per heavy atom. The molecule has 2 atom stereocenters. The SMILES string of the molecule is Cl.OC[C@@H]1CNCC[C@@H]1c1cc(F)cc2ccoc12. The Bertz CT molecular complexity index is 557. The fourth-order valence-electron chi connectivity index (χ4n) is 2.87. The van der Waals surface area contributed by atoms with Gasteiger partial charge in [-0.2, -0.15) is 0 Å². The molecule has 3 rings (SSSR count). The van der Waals surface area contributed by atoms with Crippen molar-refractivity contribution >= 4 is 23.4 Å². The van der Waals surface area contributed by atoms with Crippen molar-refractivity contribution < 1.29 is 13.9 Å². The topological polar surface area (TPSA) is 45.4 Å².